The zero-order chi connectivity index (χ0) is 16.8. The van der Waals surface area contributed by atoms with Crippen LogP contribution in [-0.2, 0) is 9.59 Å². The number of nitrogens with zero attached hydrogens (tertiary/aromatic N) is 1. The highest BCUT2D eigenvalue weighted by Crippen LogP contribution is 2.22. The molecule has 8 nitrogen and oxygen atoms in total. The quantitative estimate of drug-likeness (QED) is 0.509. The average molecular weight is 319 g/mol. The molecule has 1 saturated heterocycles. The molecular formula is C15H21N5O3. The van der Waals surface area contributed by atoms with Crippen molar-refractivity contribution in [2.75, 3.05) is 24.5 Å². The summed E-state index contributed by atoms with van der Waals surface area (Å²) in [7, 11) is 0. The lowest BCUT2D eigenvalue weighted by Gasteiger charge is -2.19. The topological polar surface area (TPSA) is 131 Å². The number of nitrogens with one attached hydrogen (secondary N) is 2. The van der Waals surface area contributed by atoms with Crippen molar-refractivity contribution in [1.29, 1.82) is 0 Å². The van der Waals surface area contributed by atoms with Crippen molar-refractivity contribution in [3.05, 3.63) is 30.3 Å². The maximum absolute atomic E-state index is 11.7. The van der Waals surface area contributed by atoms with Gasteiger partial charge in [0, 0.05) is 25.3 Å². The molecule has 1 fully saturated rings. The zero-order valence-electron chi connectivity index (χ0n) is 12.7. The molecule has 1 atom stereocenters. The molecule has 0 bridgehead atoms. The number of carbonyl (C=O) groups excluding carboxylic acids is 3. The maximum Gasteiger partial charge on any atom is 0.315 e. The number of carbonyl (C=O) groups is 3. The van der Waals surface area contributed by atoms with E-state index in [2.05, 4.69) is 15.5 Å². The van der Waals surface area contributed by atoms with Crippen LogP contribution >= 0.6 is 0 Å². The minimum absolute atomic E-state index is 0.293. The van der Waals surface area contributed by atoms with Crippen LogP contribution in [0.3, 0.4) is 0 Å². The van der Waals surface area contributed by atoms with E-state index >= 15 is 0 Å². The van der Waals surface area contributed by atoms with Gasteiger partial charge in [0.05, 0.1) is 0 Å². The monoisotopic (exact) mass is 319 g/mol. The van der Waals surface area contributed by atoms with E-state index in [1.807, 2.05) is 30.3 Å². The van der Waals surface area contributed by atoms with Gasteiger partial charge >= 0.3 is 6.03 Å². The molecule has 6 N–H and O–H groups in total. The number of benzene rings is 1. The van der Waals surface area contributed by atoms with Gasteiger partial charge in [0.25, 0.3) is 0 Å². The lowest BCUT2D eigenvalue weighted by Crippen LogP contribution is -2.55. The lowest BCUT2D eigenvalue weighted by atomic mass is 10.1. The minimum atomic E-state index is -1.50. The van der Waals surface area contributed by atoms with Gasteiger partial charge in [0.1, 0.15) is 0 Å². The van der Waals surface area contributed by atoms with Crippen LogP contribution in [0.15, 0.2) is 30.3 Å². The molecule has 1 aliphatic heterocycles. The smallest absolute Gasteiger partial charge is 0.315 e. The van der Waals surface area contributed by atoms with Crippen LogP contribution in [0.1, 0.15) is 6.42 Å². The van der Waals surface area contributed by atoms with Gasteiger partial charge in [-0.25, -0.2) is 4.79 Å². The first kappa shape index (κ1) is 16.6. The maximum atomic E-state index is 11.7. The Kier molecular flexibility index (Phi) is 5.40. The van der Waals surface area contributed by atoms with E-state index < -0.39 is 23.9 Å². The van der Waals surface area contributed by atoms with Crippen molar-refractivity contribution in [3.8, 4) is 0 Å². The number of anilines is 1. The van der Waals surface area contributed by atoms with Crippen LogP contribution in [-0.4, -0.2) is 43.5 Å². The molecule has 23 heavy (non-hydrogen) atoms. The number of rotatable bonds is 6. The van der Waals surface area contributed by atoms with Gasteiger partial charge < -0.3 is 27.0 Å². The zero-order valence-corrected chi connectivity index (χ0v) is 12.7. The third kappa shape index (κ3) is 4.60. The van der Waals surface area contributed by atoms with Crippen molar-refractivity contribution in [3.63, 3.8) is 0 Å². The number of hydrogen-bond donors (Lipinski definition) is 4. The second-order valence-corrected chi connectivity index (χ2v) is 5.53. The summed E-state index contributed by atoms with van der Waals surface area (Å²) in [5, 5.41) is 4.81. The highest BCUT2D eigenvalue weighted by atomic mass is 16.2. The van der Waals surface area contributed by atoms with Gasteiger partial charge in [0.15, 0.2) is 6.04 Å². The Morgan fingerprint density at radius 3 is 2.43 bits per heavy atom. The van der Waals surface area contributed by atoms with E-state index in [9.17, 15) is 14.4 Å². The van der Waals surface area contributed by atoms with Gasteiger partial charge in [-0.3, -0.25) is 9.59 Å². The molecule has 0 aromatic heterocycles. The van der Waals surface area contributed by atoms with Gasteiger partial charge in [-0.15, -0.1) is 0 Å². The van der Waals surface area contributed by atoms with E-state index in [4.69, 9.17) is 11.5 Å². The summed E-state index contributed by atoms with van der Waals surface area (Å²) in [4.78, 5) is 36.0. The summed E-state index contributed by atoms with van der Waals surface area (Å²) < 4.78 is 0. The SMILES string of the molecule is NC(=O)C(NC(=O)NC[C@H]1CCN(c2ccccc2)C1)C(N)=O. The van der Waals surface area contributed by atoms with Crippen LogP contribution in [0, 0.1) is 5.92 Å². The van der Waals surface area contributed by atoms with Crippen LogP contribution in [0.4, 0.5) is 10.5 Å². The fourth-order valence-corrected chi connectivity index (χ4v) is 2.57. The van der Waals surface area contributed by atoms with Crippen LogP contribution < -0.4 is 27.0 Å². The lowest BCUT2D eigenvalue weighted by molar-refractivity contribution is -0.128. The second-order valence-electron chi connectivity index (χ2n) is 5.53. The molecule has 124 valence electrons. The molecular weight excluding hydrogens is 298 g/mol. The Morgan fingerprint density at radius 1 is 1.17 bits per heavy atom. The summed E-state index contributed by atoms with van der Waals surface area (Å²) in [6.45, 7) is 2.20. The van der Waals surface area contributed by atoms with Crippen molar-refractivity contribution >= 4 is 23.5 Å². The largest absolute Gasteiger partial charge is 0.371 e. The molecule has 0 unspecified atom stereocenters. The molecule has 8 heteroatoms. The molecule has 1 heterocycles. The summed E-state index contributed by atoms with van der Waals surface area (Å²) in [6, 6.07) is 7.91. The van der Waals surface area contributed by atoms with Gasteiger partial charge in [0.2, 0.25) is 11.8 Å². The summed E-state index contributed by atoms with van der Waals surface area (Å²) in [5.74, 6) is -1.67. The van der Waals surface area contributed by atoms with Crippen molar-refractivity contribution in [1.82, 2.24) is 10.6 Å². The number of para-hydroxylation sites is 1. The molecule has 0 radical (unpaired) electrons. The Labute approximate surface area is 134 Å². The summed E-state index contributed by atoms with van der Waals surface area (Å²) >= 11 is 0. The Morgan fingerprint density at radius 2 is 1.83 bits per heavy atom. The number of primary amides is 2. The molecule has 1 aromatic carbocycles. The van der Waals surface area contributed by atoms with Crippen LogP contribution in [0.2, 0.25) is 0 Å². The third-order valence-corrected chi connectivity index (χ3v) is 3.80. The fraction of sp³-hybridized carbons (Fsp3) is 0.400. The average Bonchev–Trinajstić information content (AvgIpc) is 3.00. The molecule has 1 aliphatic rings. The fourth-order valence-electron chi connectivity index (χ4n) is 2.57. The molecule has 0 spiro atoms. The third-order valence-electron chi connectivity index (χ3n) is 3.80. The van der Waals surface area contributed by atoms with Crippen LogP contribution in [0.5, 0.6) is 0 Å². The Bertz CT molecular complexity index is 564. The van der Waals surface area contributed by atoms with E-state index in [1.165, 1.54) is 0 Å². The number of nitrogens with two attached hydrogens (primary N) is 2. The second kappa shape index (κ2) is 7.48. The van der Waals surface area contributed by atoms with E-state index in [-0.39, 0.29) is 0 Å². The molecule has 2 rings (SSSR count). The summed E-state index contributed by atoms with van der Waals surface area (Å²) in [5.41, 5.74) is 11.2. The predicted octanol–water partition coefficient (Wildman–Crippen LogP) is -0.849. The molecule has 4 amide bonds. The molecule has 0 saturated carbocycles. The van der Waals surface area contributed by atoms with E-state index in [0.29, 0.717) is 12.5 Å². The first-order valence-corrected chi connectivity index (χ1v) is 7.40. The number of urea groups is 1. The number of hydrogen-bond acceptors (Lipinski definition) is 4. The number of amides is 4. The van der Waals surface area contributed by atoms with Crippen molar-refractivity contribution < 1.29 is 14.4 Å². The van der Waals surface area contributed by atoms with E-state index in [0.717, 1.165) is 25.2 Å². The molecule has 0 aliphatic carbocycles. The van der Waals surface area contributed by atoms with Crippen molar-refractivity contribution in [2.45, 2.75) is 12.5 Å². The summed E-state index contributed by atoms with van der Waals surface area (Å²) in [6.07, 6.45) is 0.949. The van der Waals surface area contributed by atoms with E-state index in [1.54, 1.807) is 0 Å². The van der Waals surface area contributed by atoms with Gasteiger partial charge in [-0.2, -0.15) is 0 Å². The Balaban J connectivity index is 1.77. The predicted molar refractivity (Wildman–Crippen MR) is 85.5 cm³/mol. The normalized spacial score (nSPS) is 17.1. The standard InChI is InChI=1S/C15H21N5O3/c16-13(21)12(14(17)22)19-15(23)18-8-10-6-7-20(9-10)11-4-2-1-3-5-11/h1-5,10,12H,6-9H2,(H2,16,21)(H2,17,22)(H2,18,19,23)/t10-/m1/s1. The van der Waals surface area contributed by atoms with Gasteiger partial charge in [-0.05, 0) is 24.5 Å². The Hall–Kier alpha value is -2.77. The highest BCUT2D eigenvalue weighted by Gasteiger charge is 2.26. The molecule has 1 aromatic rings. The van der Waals surface area contributed by atoms with Gasteiger partial charge in [-0.1, -0.05) is 18.2 Å². The first-order chi connectivity index (χ1) is 11.0. The highest BCUT2D eigenvalue weighted by molar-refractivity contribution is 6.05. The van der Waals surface area contributed by atoms with Crippen molar-refractivity contribution in [2.24, 2.45) is 17.4 Å². The first-order valence-electron chi connectivity index (χ1n) is 7.40. The van der Waals surface area contributed by atoms with Crippen LogP contribution in [0.25, 0.3) is 0 Å². The minimum Gasteiger partial charge on any atom is -0.371 e.